The van der Waals surface area contributed by atoms with E-state index in [9.17, 15) is 25.6 Å². The zero-order valence-electron chi connectivity index (χ0n) is 24.4. The predicted octanol–water partition coefficient (Wildman–Crippen LogP) is 3.99. The number of benzene rings is 3. The van der Waals surface area contributed by atoms with E-state index in [1.807, 2.05) is 0 Å². The van der Waals surface area contributed by atoms with Gasteiger partial charge >= 0.3 is 0 Å². The molecule has 4 aromatic rings. The maximum Gasteiger partial charge on any atom is 0.240 e. The van der Waals surface area contributed by atoms with Crippen LogP contribution in [-0.2, 0) is 20.0 Å². The summed E-state index contributed by atoms with van der Waals surface area (Å²) in [6.07, 6.45) is 0. The van der Waals surface area contributed by atoms with E-state index in [-0.39, 0.29) is 33.1 Å². The van der Waals surface area contributed by atoms with E-state index in [4.69, 9.17) is 0 Å². The third-order valence-corrected chi connectivity index (χ3v) is 9.08. The number of nitrogens with zero attached hydrogens (tertiary/aromatic N) is 4. The van der Waals surface area contributed by atoms with E-state index in [0.29, 0.717) is 22.6 Å². The Morgan fingerprint density at radius 3 is 1.42 bits per heavy atom. The first-order valence-electron chi connectivity index (χ1n) is 13.1. The average molecular weight is 658 g/mol. The van der Waals surface area contributed by atoms with Crippen LogP contribution in [0.2, 0.25) is 0 Å². The van der Waals surface area contributed by atoms with Crippen LogP contribution in [-0.4, -0.2) is 52.3 Å². The summed E-state index contributed by atoms with van der Waals surface area (Å²) in [4.78, 5) is 8.82. The number of halogens is 2. The molecule has 0 aliphatic rings. The van der Waals surface area contributed by atoms with Gasteiger partial charge in [0.2, 0.25) is 26.0 Å². The van der Waals surface area contributed by atoms with Gasteiger partial charge in [0.05, 0.1) is 21.2 Å². The van der Waals surface area contributed by atoms with E-state index < -0.39 is 31.7 Å². The molecule has 0 saturated heterocycles. The average Bonchev–Trinajstić information content (AvgIpc) is 3.02. The van der Waals surface area contributed by atoms with Gasteiger partial charge in [0.25, 0.3) is 0 Å². The van der Waals surface area contributed by atoms with Gasteiger partial charge < -0.3 is 5.32 Å². The Morgan fingerprint density at radius 2 is 1.04 bits per heavy atom. The minimum atomic E-state index is -3.60. The number of hydrogen-bond donors (Lipinski definition) is 5. The van der Waals surface area contributed by atoms with Crippen molar-refractivity contribution in [2.24, 2.45) is 10.2 Å². The Bertz CT molecular complexity index is 1840. The Kier molecular flexibility index (Phi) is 10.2. The van der Waals surface area contributed by atoms with Crippen molar-refractivity contribution in [2.45, 2.75) is 23.6 Å². The molecular weight excluding hydrogens is 628 g/mol. The molecule has 3 aromatic carbocycles. The standard InChI is InChI=1S/C28H29F2N9O4S2/c1-17(19-5-9-24(10-6-19)44(40,41)31-3)36-38-26-16-27(35-28(34-26)33-23-14-21(29)13-22(30)15-23)39-37-18(2)20-7-11-25(12-8-20)45(42,43)32-4/h5-16,31-32H,1-4H3,(H3,33,34,35,38,39). The quantitative estimate of drug-likeness (QED) is 0.111. The molecule has 1 heterocycles. The van der Waals surface area contributed by atoms with Crippen molar-refractivity contribution in [1.29, 1.82) is 0 Å². The van der Waals surface area contributed by atoms with Crippen molar-refractivity contribution in [2.75, 3.05) is 30.3 Å². The van der Waals surface area contributed by atoms with Crippen LogP contribution in [0.5, 0.6) is 0 Å². The molecule has 0 atom stereocenters. The number of nitrogens with one attached hydrogen (secondary N) is 5. The van der Waals surface area contributed by atoms with Gasteiger partial charge in [-0.3, -0.25) is 10.9 Å². The van der Waals surface area contributed by atoms with Crippen molar-refractivity contribution in [3.05, 3.63) is 95.6 Å². The minimum Gasteiger partial charge on any atom is -0.324 e. The highest BCUT2D eigenvalue weighted by Crippen LogP contribution is 2.21. The number of sulfonamides is 2. The third-order valence-electron chi connectivity index (χ3n) is 6.22. The fourth-order valence-electron chi connectivity index (χ4n) is 3.77. The fourth-order valence-corrected chi connectivity index (χ4v) is 5.23. The smallest absolute Gasteiger partial charge is 0.240 e. The highest BCUT2D eigenvalue weighted by molar-refractivity contribution is 7.89. The highest BCUT2D eigenvalue weighted by Gasteiger charge is 2.13. The summed E-state index contributed by atoms with van der Waals surface area (Å²) in [5, 5.41) is 11.4. The van der Waals surface area contributed by atoms with Gasteiger partial charge in [-0.15, -0.1) is 0 Å². The SMILES string of the molecule is CNS(=O)(=O)c1ccc(C(C)=NNc2cc(NN=C(C)c3ccc(S(=O)(=O)NC)cc3)nc(Nc3cc(F)cc(F)c3)n2)cc1. The van der Waals surface area contributed by atoms with Crippen molar-refractivity contribution in [3.8, 4) is 0 Å². The summed E-state index contributed by atoms with van der Waals surface area (Å²) >= 11 is 0. The van der Waals surface area contributed by atoms with Gasteiger partial charge in [-0.25, -0.2) is 35.1 Å². The highest BCUT2D eigenvalue weighted by atomic mass is 32.2. The Balaban J connectivity index is 1.61. The first-order chi connectivity index (χ1) is 21.3. The van der Waals surface area contributed by atoms with E-state index in [0.717, 1.165) is 18.2 Å². The van der Waals surface area contributed by atoms with Gasteiger partial charge in [0, 0.05) is 17.8 Å². The van der Waals surface area contributed by atoms with E-state index in [1.165, 1.54) is 44.4 Å². The zero-order valence-corrected chi connectivity index (χ0v) is 26.1. The minimum absolute atomic E-state index is 0.0449. The van der Waals surface area contributed by atoms with Gasteiger partial charge in [0.1, 0.15) is 11.6 Å². The second-order valence-electron chi connectivity index (χ2n) is 9.33. The summed E-state index contributed by atoms with van der Waals surface area (Å²) in [6, 6.07) is 16.5. The maximum atomic E-state index is 13.8. The molecular formula is C28H29F2N9O4S2. The topological polar surface area (TPSA) is 179 Å². The molecule has 0 aliphatic heterocycles. The first kappa shape index (κ1) is 33.1. The van der Waals surface area contributed by atoms with Crippen LogP contribution in [0.15, 0.2) is 92.8 Å². The van der Waals surface area contributed by atoms with Crippen LogP contribution in [0.25, 0.3) is 0 Å². The molecule has 5 N–H and O–H groups in total. The monoisotopic (exact) mass is 657 g/mol. The van der Waals surface area contributed by atoms with Gasteiger partial charge in [-0.2, -0.15) is 20.2 Å². The van der Waals surface area contributed by atoms with Crippen LogP contribution >= 0.6 is 0 Å². The maximum absolute atomic E-state index is 13.8. The summed E-state index contributed by atoms with van der Waals surface area (Å²) in [5.41, 5.74) is 7.91. The molecule has 0 bridgehead atoms. The molecule has 0 spiro atoms. The summed E-state index contributed by atoms with van der Waals surface area (Å²) in [7, 11) is -4.55. The van der Waals surface area contributed by atoms with E-state index in [2.05, 4.69) is 45.8 Å². The largest absolute Gasteiger partial charge is 0.324 e. The molecule has 45 heavy (non-hydrogen) atoms. The number of rotatable bonds is 12. The molecule has 0 fully saturated rings. The lowest BCUT2D eigenvalue weighted by atomic mass is 10.1. The summed E-state index contributed by atoms with van der Waals surface area (Å²) < 4.78 is 80.1. The second kappa shape index (κ2) is 13.9. The predicted molar refractivity (Wildman–Crippen MR) is 169 cm³/mol. The van der Waals surface area contributed by atoms with Gasteiger partial charge in [-0.05, 0) is 75.5 Å². The first-order valence-corrected chi connectivity index (χ1v) is 16.1. The Labute approximate surface area is 259 Å². The number of anilines is 4. The summed E-state index contributed by atoms with van der Waals surface area (Å²) in [5.74, 6) is -1.29. The molecule has 0 unspecified atom stereocenters. The molecule has 0 amide bonds. The molecule has 13 nitrogen and oxygen atoms in total. The number of hydrogen-bond acceptors (Lipinski definition) is 11. The van der Waals surface area contributed by atoms with Crippen molar-refractivity contribution in [1.82, 2.24) is 19.4 Å². The molecule has 236 valence electrons. The van der Waals surface area contributed by atoms with Gasteiger partial charge in [0.15, 0.2) is 11.6 Å². The van der Waals surface area contributed by atoms with Crippen LogP contribution in [0.1, 0.15) is 25.0 Å². The van der Waals surface area contributed by atoms with Crippen molar-refractivity contribution >= 4 is 54.7 Å². The molecule has 1 aromatic heterocycles. The fraction of sp³-hybridized carbons (Fsp3) is 0.143. The van der Waals surface area contributed by atoms with Crippen molar-refractivity contribution in [3.63, 3.8) is 0 Å². The van der Waals surface area contributed by atoms with E-state index >= 15 is 0 Å². The molecule has 0 saturated carbocycles. The molecule has 0 aliphatic carbocycles. The number of aromatic nitrogens is 2. The second-order valence-corrected chi connectivity index (χ2v) is 13.1. The molecule has 17 heteroatoms. The lowest BCUT2D eigenvalue weighted by Gasteiger charge is -2.11. The van der Waals surface area contributed by atoms with Crippen LogP contribution in [0.4, 0.5) is 32.1 Å². The normalized spacial score (nSPS) is 12.6. The lowest BCUT2D eigenvalue weighted by Crippen LogP contribution is -2.18. The Hall–Kier alpha value is -4.84. The lowest BCUT2D eigenvalue weighted by molar-refractivity contribution is 0.584. The number of hydrazone groups is 2. The molecule has 0 radical (unpaired) electrons. The van der Waals surface area contributed by atoms with Gasteiger partial charge in [-0.1, -0.05) is 24.3 Å². The Morgan fingerprint density at radius 1 is 0.644 bits per heavy atom. The molecule has 4 rings (SSSR count). The van der Waals surface area contributed by atoms with Crippen LogP contribution in [0, 0.1) is 11.6 Å². The summed E-state index contributed by atoms with van der Waals surface area (Å²) in [6.45, 7) is 3.40. The van der Waals surface area contributed by atoms with Crippen LogP contribution in [0.3, 0.4) is 0 Å². The van der Waals surface area contributed by atoms with Crippen molar-refractivity contribution < 1.29 is 25.6 Å². The zero-order chi connectivity index (χ0) is 32.8. The van der Waals surface area contributed by atoms with E-state index in [1.54, 1.807) is 38.1 Å². The third kappa shape index (κ3) is 8.63. The van der Waals surface area contributed by atoms with Crippen LogP contribution < -0.4 is 25.6 Å².